The lowest BCUT2D eigenvalue weighted by atomic mass is 9.49. The molecule has 0 aliphatic heterocycles. The Labute approximate surface area is 112 Å². The molecule has 3 aliphatic carbocycles. The quantitative estimate of drug-likeness (QED) is 0.727. The number of rotatable bonds is 2. The molecule has 2 fully saturated rings. The monoisotopic (exact) mass is 248 g/mol. The van der Waals surface area contributed by atoms with E-state index in [0.717, 1.165) is 18.3 Å². The number of hydrogen-bond donors (Lipinski definition) is 1. The lowest BCUT2D eigenvalue weighted by molar-refractivity contribution is -0.0177. The minimum absolute atomic E-state index is 0.319. The molecule has 1 spiro atoms. The first kappa shape index (κ1) is 12.7. The molecule has 3 unspecified atom stereocenters. The number of allylic oxidation sites excluding steroid dienone is 1. The van der Waals surface area contributed by atoms with Gasteiger partial charge in [0.2, 0.25) is 0 Å². The lowest BCUT2D eigenvalue weighted by Crippen LogP contribution is -2.48. The van der Waals surface area contributed by atoms with Crippen LogP contribution >= 0.6 is 0 Å². The second-order valence-electron chi connectivity index (χ2n) is 8.19. The van der Waals surface area contributed by atoms with Crippen LogP contribution in [-0.4, -0.2) is 11.7 Å². The summed E-state index contributed by atoms with van der Waals surface area (Å²) >= 11 is 0. The van der Waals surface area contributed by atoms with Gasteiger partial charge < -0.3 is 5.11 Å². The van der Waals surface area contributed by atoms with Crippen molar-refractivity contribution in [3.05, 3.63) is 11.6 Å². The second-order valence-corrected chi connectivity index (χ2v) is 8.19. The van der Waals surface area contributed by atoms with E-state index in [2.05, 4.69) is 33.8 Å². The van der Waals surface area contributed by atoms with Crippen LogP contribution in [-0.2, 0) is 0 Å². The Balaban J connectivity index is 2.09. The van der Waals surface area contributed by atoms with Crippen molar-refractivity contribution in [3.8, 4) is 0 Å². The highest BCUT2D eigenvalue weighted by molar-refractivity contribution is 5.29. The topological polar surface area (TPSA) is 20.2 Å². The van der Waals surface area contributed by atoms with Crippen LogP contribution in [0.2, 0.25) is 0 Å². The zero-order valence-electron chi connectivity index (χ0n) is 12.4. The molecule has 0 radical (unpaired) electrons. The highest BCUT2D eigenvalue weighted by atomic mass is 16.2. The van der Waals surface area contributed by atoms with Crippen LogP contribution in [0.3, 0.4) is 0 Å². The van der Waals surface area contributed by atoms with Gasteiger partial charge in [0.25, 0.3) is 0 Å². The molecule has 3 atom stereocenters. The van der Waals surface area contributed by atoms with Crippen molar-refractivity contribution in [2.75, 3.05) is 6.61 Å². The van der Waals surface area contributed by atoms with Crippen LogP contribution in [0.15, 0.2) is 11.6 Å². The summed E-state index contributed by atoms with van der Waals surface area (Å²) in [6, 6.07) is 0. The highest BCUT2D eigenvalue weighted by Gasteiger charge is 2.67. The summed E-state index contributed by atoms with van der Waals surface area (Å²) in [6.07, 6.45) is 8.86. The molecule has 1 N–H and O–H groups in total. The summed E-state index contributed by atoms with van der Waals surface area (Å²) in [5.74, 6) is 1.63. The molecule has 1 heteroatoms. The summed E-state index contributed by atoms with van der Waals surface area (Å²) < 4.78 is 0. The standard InChI is InChI=1S/C17H28O/c1-15(2)8-5-12(7-10-18)14-16(3,4)13-6-9-17(14,15)11-13/h5,13-14,18H,6-11H2,1-4H3. The van der Waals surface area contributed by atoms with Crippen molar-refractivity contribution < 1.29 is 5.11 Å². The van der Waals surface area contributed by atoms with Crippen molar-refractivity contribution in [1.29, 1.82) is 0 Å². The normalized spacial score (nSPS) is 43.7. The smallest absolute Gasteiger partial charge is 0.0468 e. The highest BCUT2D eigenvalue weighted by Crippen LogP contribution is 2.75. The number of fused-ring (bicyclic) bond motifs is 1. The van der Waals surface area contributed by atoms with E-state index in [0.29, 0.717) is 22.9 Å². The molecule has 3 rings (SSSR count). The molecule has 1 nitrogen and oxygen atoms in total. The number of aliphatic hydroxyl groups excluding tert-OH is 1. The maximum atomic E-state index is 9.37. The zero-order chi connectivity index (χ0) is 13.2. The average Bonchev–Trinajstić information content (AvgIpc) is 2.79. The van der Waals surface area contributed by atoms with E-state index in [4.69, 9.17) is 0 Å². The fourth-order valence-corrected chi connectivity index (χ4v) is 5.84. The summed E-state index contributed by atoms with van der Waals surface area (Å²) in [5.41, 5.74) is 2.99. The largest absolute Gasteiger partial charge is 0.396 e. The summed E-state index contributed by atoms with van der Waals surface area (Å²) in [4.78, 5) is 0. The van der Waals surface area contributed by atoms with Crippen LogP contribution in [0.1, 0.15) is 59.8 Å². The van der Waals surface area contributed by atoms with Gasteiger partial charge in [-0.1, -0.05) is 39.3 Å². The second kappa shape index (κ2) is 3.62. The van der Waals surface area contributed by atoms with Crippen molar-refractivity contribution in [3.63, 3.8) is 0 Å². The Hall–Kier alpha value is -0.300. The first-order valence-electron chi connectivity index (χ1n) is 7.65. The van der Waals surface area contributed by atoms with Gasteiger partial charge in [0, 0.05) is 6.61 Å². The van der Waals surface area contributed by atoms with Crippen LogP contribution < -0.4 is 0 Å². The van der Waals surface area contributed by atoms with E-state index in [9.17, 15) is 5.11 Å². The molecule has 0 heterocycles. The maximum absolute atomic E-state index is 9.37. The van der Waals surface area contributed by atoms with E-state index >= 15 is 0 Å². The molecule has 0 amide bonds. The zero-order valence-corrected chi connectivity index (χ0v) is 12.4. The predicted molar refractivity (Wildman–Crippen MR) is 75.2 cm³/mol. The van der Waals surface area contributed by atoms with Gasteiger partial charge in [-0.05, 0) is 60.2 Å². The molecule has 18 heavy (non-hydrogen) atoms. The summed E-state index contributed by atoms with van der Waals surface area (Å²) in [7, 11) is 0. The van der Waals surface area contributed by atoms with Gasteiger partial charge in [-0.3, -0.25) is 0 Å². The first-order chi connectivity index (χ1) is 8.35. The number of hydrogen-bond acceptors (Lipinski definition) is 1. The average molecular weight is 248 g/mol. The van der Waals surface area contributed by atoms with E-state index in [-0.39, 0.29) is 0 Å². The van der Waals surface area contributed by atoms with E-state index in [1.807, 2.05) is 0 Å². The first-order valence-corrected chi connectivity index (χ1v) is 7.65. The van der Waals surface area contributed by atoms with Gasteiger partial charge in [0.15, 0.2) is 0 Å². The number of aliphatic hydroxyl groups is 1. The summed E-state index contributed by atoms with van der Waals surface area (Å²) in [6.45, 7) is 10.2. The Morgan fingerprint density at radius 1 is 1.28 bits per heavy atom. The maximum Gasteiger partial charge on any atom is 0.0468 e. The van der Waals surface area contributed by atoms with Gasteiger partial charge in [-0.15, -0.1) is 0 Å². The third-order valence-electron chi connectivity index (χ3n) is 6.89. The molecule has 2 saturated carbocycles. The van der Waals surface area contributed by atoms with E-state index in [1.54, 1.807) is 5.57 Å². The molecule has 3 aliphatic rings. The van der Waals surface area contributed by atoms with Gasteiger partial charge in [0.1, 0.15) is 0 Å². The molecule has 0 aromatic carbocycles. The minimum atomic E-state index is 0.319. The third-order valence-corrected chi connectivity index (χ3v) is 6.89. The van der Waals surface area contributed by atoms with Gasteiger partial charge in [-0.25, -0.2) is 0 Å². The van der Waals surface area contributed by atoms with E-state index in [1.165, 1.54) is 25.7 Å². The molecule has 0 saturated heterocycles. The Morgan fingerprint density at radius 2 is 2.00 bits per heavy atom. The van der Waals surface area contributed by atoms with Gasteiger partial charge in [-0.2, -0.15) is 0 Å². The molecule has 102 valence electrons. The fourth-order valence-electron chi connectivity index (χ4n) is 5.84. The molecular weight excluding hydrogens is 220 g/mol. The molecule has 0 aromatic heterocycles. The Bertz CT molecular complexity index is 390. The molecular formula is C17H28O. The molecule has 2 bridgehead atoms. The predicted octanol–water partition coefficient (Wildman–Crippen LogP) is 4.17. The minimum Gasteiger partial charge on any atom is -0.396 e. The Kier molecular flexibility index (Phi) is 2.56. The fraction of sp³-hybridized carbons (Fsp3) is 0.882. The van der Waals surface area contributed by atoms with E-state index < -0.39 is 0 Å². The van der Waals surface area contributed by atoms with Crippen LogP contribution in [0, 0.1) is 28.1 Å². The van der Waals surface area contributed by atoms with Gasteiger partial charge in [0.05, 0.1) is 0 Å². The van der Waals surface area contributed by atoms with Crippen LogP contribution in [0.25, 0.3) is 0 Å². The summed E-state index contributed by atoms with van der Waals surface area (Å²) in [5, 5.41) is 9.37. The van der Waals surface area contributed by atoms with Crippen LogP contribution in [0.4, 0.5) is 0 Å². The van der Waals surface area contributed by atoms with Crippen LogP contribution in [0.5, 0.6) is 0 Å². The third kappa shape index (κ3) is 1.32. The Morgan fingerprint density at radius 3 is 2.67 bits per heavy atom. The van der Waals surface area contributed by atoms with Gasteiger partial charge >= 0.3 is 0 Å². The van der Waals surface area contributed by atoms with Crippen molar-refractivity contribution in [2.45, 2.75) is 59.8 Å². The SMILES string of the molecule is CC1(C)C2CCC3(C2)C1C(CCO)=CCC3(C)C. The van der Waals surface area contributed by atoms with Crippen molar-refractivity contribution in [1.82, 2.24) is 0 Å². The van der Waals surface area contributed by atoms with Crippen molar-refractivity contribution in [2.24, 2.45) is 28.1 Å². The molecule has 0 aromatic rings. The van der Waals surface area contributed by atoms with Crippen molar-refractivity contribution >= 4 is 0 Å². The lowest BCUT2D eigenvalue weighted by Gasteiger charge is -2.56.